The monoisotopic (exact) mass is 206 g/mol. The summed E-state index contributed by atoms with van der Waals surface area (Å²) in [4.78, 5) is 11.2. The number of carbonyl (C=O) groups excluding carboxylic acids is 1. The molecule has 0 bridgehead atoms. The molecule has 14 heavy (non-hydrogen) atoms. The Hall–Kier alpha value is -0.800. The van der Waals surface area contributed by atoms with Crippen LogP contribution < -0.4 is 0 Å². The van der Waals surface area contributed by atoms with Gasteiger partial charge in [0, 0.05) is 5.92 Å². The van der Waals surface area contributed by atoms with Crippen LogP contribution in [0.3, 0.4) is 0 Å². The lowest BCUT2D eigenvalue weighted by Gasteiger charge is -2.31. The van der Waals surface area contributed by atoms with E-state index in [2.05, 4.69) is 6.58 Å². The van der Waals surface area contributed by atoms with Gasteiger partial charge in [0.25, 0.3) is 0 Å². The Morgan fingerprint density at radius 1 is 1.29 bits per heavy atom. The highest BCUT2D eigenvalue weighted by atomic mass is 19.4. The van der Waals surface area contributed by atoms with Gasteiger partial charge in [0.1, 0.15) is 0 Å². The minimum atomic E-state index is -4.25. The Morgan fingerprint density at radius 2 is 1.86 bits per heavy atom. The molecule has 1 saturated carbocycles. The largest absolute Gasteiger partial charge is 0.392 e. The summed E-state index contributed by atoms with van der Waals surface area (Å²) in [6.45, 7) is 3.24. The van der Waals surface area contributed by atoms with Crippen molar-refractivity contribution in [3.05, 3.63) is 12.7 Å². The van der Waals surface area contributed by atoms with E-state index in [4.69, 9.17) is 0 Å². The summed E-state index contributed by atoms with van der Waals surface area (Å²) in [6, 6.07) is 0. The quantitative estimate of drug-likeness (QED) is 0.634. The molecule has 0 aromatic heterocycles. The molecule has 2 atom stereocenters. The third kappa shape index (κ3) is 2.36. The van der Waals surface area contributed by atoms with Gasteiger partial charge in [-0.05, 0) is 18.9 Å². The zero-order valence-electron chi connectivity index (χ0n) is 7.81. The highest BCUT2D eigenvalue weighted by Crippen LogP contribution is 2.41. The van der Waals surface area contributed by atoms with Crippen LogP contribution in [-0.4, -0.2) is 12.0 Å². The highest BCUT2D eigenvalue weighted by molar-refractivity contribution is 5.91. The first-order chi connectivity index (χ1) is 6.46. The van der Waals surface area contributed by atoms with Crippen molar-refractivity contribution in [2.45, 2.75) is 31.9 Å². The normalized spacial score (nSPS) is 28.5. The van der Waals surface area contributed by atoms with Crippen molar-refractivity contribution in [1.82, 2.24) is 0 Å². The molecule has 0 N–H and O–H groups in total. The molecule has 0 spiro atoms. The fourth-order valence-corrected chi connectivity index (χ4v) is 2.01. The maximum absolute atomic E-state index is 12.5. The van der Waals surface area contributed by atoms with E-state index < -0.39 is 23.8 Å². The van der Waals surface area contributed by atoms with Gasteiger partial charge < -0.3 is 0 Å². The molecule has 80 valence electrons. The maximum Gasteiger partial charge on any atom is 0.392 e. The first kappa shape index (κ1) is 11.3. The topological polar surface area (TPSA) is 17.1 Å². The van der Waals surface area contributed by atoms with Crippen molar-refractivity contribution in [3.8, 4) is 0 Å². The van der Waals surface area contributed by atoms with Crippen LogP contribution in [0.1, 0.15) is 25.7 Å². The van der Waals surface area contributed by atoms with Crippen molar-refractivity contribution in [3.63, 3.8) is 0 Å². The smallest absolute Gasteiger partial charge is 0.295 e. The molecule has 0 aromatic rings. The van der Waals surface area contributed by atoms with Crippen LogP contribution in [0.15, 0.2) is 12.7 Å². The number of carbonyl (C=O) groups is 1. The minimum Gasteiger partial charge on any atom is -0.295 e. The number of allylic oxidation sites excluding steroid dienone is 1. The van der Waals surface area contributed by atoms with Gasteiger partial charge in [0.15, 0.2) is 5.78 Å². The summed E-state index contributed by atoms with van der Waals surface area (Å²) in [6.07, 6.45) is -1.55. The predicted molar refractivity (Wildman–Crippen MR) is 46.7 cm³/mol. The van der Waals surface area contributed by atoms with E-state index in [1.807, 2.05) is 0 Å². The predicted octanol–water partition coefficient (Wildman–Crippen LogP) is 3.11. The average Bonchev–Trinajstić information content (AvgIpc) is 2.15. The zero-order chi connectivity index (χ0) is 10.8. The van der Waals surface area contributed by atoms with Crippen molar-refractivity contribution in [2.24, 2.45) is 11.8 Å². The van der Waals surface area contributed by atoms with E-state index in [1.165, 1.54) is 0 Å². The maximum atomic E-state index is 12.5. The number of rotatable bonds is 2. The van der Waals surface area contributed by atoms with E-state index in [9.17, 15) is 18.0 Å². The van der Waals surface area contributed by atoms with Gasteiger partial charge in [-0.25, -0.2) is 0 Å². The number of hydrogen-bond acceptors (Lipinski definition) is 1. The van der Waals surface area contributed by atoms with Gasteiger partial charge in [-0.1, -0.05) is 19.4 Å². The van der Waals surface area contributed by atoms with E-state index in [0.717, 1.165) is 6.08 Å². The molecule has 1 aliphatic rings. The molecule has 1 rings (SSSR count). The van der Waals surface area contributed by atoms with E-state index in [0.29, 0.717) is 19.3 Å². The summed E-state index contributed by atoms with van der Waals surface area (Å²) >= 11 is 0. The molecule has 0 amide bonds. The van der Waals surface area contributed by atoms with E-state index >= 15 is 0 Å². The second-order valence-electron chi connectivity index (χ2n) is 3.65. The molecular weight excluding hydrogens is 193 g/mol. The van der Waals surface area contributed by atoms with Gasteiger partial charge >= 0.3 is 6.18 Å². The fraction of sp³-hybridized carbons (Fsp3) is 0.700. The summed E-state index contributed by atoms with van der Waals surface area (Å²) in [5.74, 6) is -2.81. The molecular formula is C10H13F3O. The first-order valence-corrected chi connectivity index (χ1v) is 4.70. The summed E-state index contributed by atoms with van der Waals surface area (Å²) in [7, 11) is 0. The second-order valence-corrected chi connectivity index (χ2v) is 3.65. The van der Waals surface area contributed by atoms with Crippen LogP contribution in [0, 0.1) is 11.8 Å². The zero-order valence-corrected chi connectivity index (χ0v) is 7.81. The van der Waals surface area contributed by atoms with Crippen LogP contribution in [0.25, 0.3) is 0 Å². The van der Waals surface area contributed by atoms with Gasteiger partial charge in [0.2, 0.25) is 0 Å². The molecule has 4 heteroatoms. The molecule has 0 aromatic carbocycles. The Bertz CT molecular complexity index is 232. The summed E-state index contributed by atoms with van der Waals surface area (Å²) in [5.41, 5.74) is 0. The molecule has 2 unspecified atom stereocenters. The Morgan fingerprint density at radius 3 is 2.36 bits per heavy atom. The van der Waals surface area contributed by atoms with Gasteiger partial charge in [0.05, 0.1) is 5.92 Å². The molecule has 0 heterocycles. The van der Waals surface area contributed by atoms with Crippen molar-refractivity contribution in [1.29, 1.82) is 0 Å². The minimum absolute atomic E-state index is 0.0771. The van der Waals surface area contributed by atoms with Crippen molar-refractivity contribution in [2.75, 3.05) is 0 Å². The molecule has 1 nitrogen and oxygen atoms in total. The second kappa shape index (κ2) is 4.15. The van der Waals surface area contributed by atoms with E-state index in [1.54, 1.807) is 0 Å². The molecule has 0 radical (unpaired) electrons. The van der Waals surface area contributed by atoms with Crippen LogP contribution in [0.2, 0.25) is 0 Å². The van der Waals surface area contributed by atoms with Crippen molar-refractivity contribution < 1.29 is 18.0 Å². The highest BCUT2D eigenvalue weighted by Gasteiger charge is 2.47. The number of hydrogen-bond donors (Lipinski definition) is 0. The Balaban J connectivity index is 2.79. The van der Waals surface area contributed by atoms with Gasteiger partial charge in [-0.15, -0.1) is 0 Å². The number of ketones is 1. The first-order valence-electron chi connectivity index (χ1n) is 4.70. The lowest BCUT2D eigenvalue weighted by molar-refractivity contribution is -0.196. The Kier molecular flexibility index (Phi) is 3.34. The Labute approximate surface area is 81.0 Å². The summed E-state index contributed by atoms with van der Waals surface area (Å²) in [5, 5.41) is 0. The molecule has 0 saturated heterocycles. The standard InChI is InChI=1S/C10H13F3O/c1-2-9(14)7-5-3-4-6-8(7)10(11,12)13/h2,7-8H,1,3-6H2. The van der Waals surface area contributed by atoms with Crippen molar-refractivity contribution >= 4 is 5.78 Å². The van der Waals surface area contributed by atoms with Crippen LogP contribution in [0.4, 0.5) is 13.2 Å². The number of alkyl halides is 3. The van der Waals surface area contributed by atoms with Crippen LogP contribution >= 0.6 is 0 Å². The van der Waals surface area contributed by atoms with Gasteiger partial charge in [-0.3, -0.25) is 4.79 Å². The average molecular weight is 206 g/mol. The lowest BCUT2D eigenvalue weighted by atomic mass is 9.76. The molecule has 0 aliphatic heterocycles. The molecule has 1 fully saturated rings. The van der Waals surface area contributed by atoms with Crippen LogP contribution in [0.5, 0.6) is 0 Å². The SMILES string of the molecule is C=CC(=O)C1CCCCC1C(F)(F)F. The molecule has 1 aliphatic carbocycles. The van der Waals surface area contributed by atoms with Gasteiger partial charge in [-0.2, -0.15) is 13.2 Å². The van der Waals surface area contributed by atoms with Crippen LogP contribution in [-0.2, 0) is 4.79 Å². The summed E-state index contributed by atoms with van der Waals surface area (Å²) < 4.78 is 37.5. The fourth-order valence-electron chi connectivity index (χ4n) is 2.01. The third-order valence-electron chi connectivity index (χ3n) is 2.75. The lowest BCUT2D eigenvalue weighted by Crippen LogP contribution is -2.36. The number of halogens is 3. The third-order valence-corrected chi connectivity index (χ3v) is 2.75. The van der Waals surface area contributed by atoms with E-state index in [-0.39, 0.29) is 6.42 Å².